The predicted octanol–water partition coefficient (Wildman–Crippen LogP) is 2.44. The molecule has 1 aromatic carbocycles. The third kappa shape index (κ3) is 3.96. The molecule has 9 heteroatoms. The molecule has 1 rings (SSSR count). The van der Waals surface area contributed by atoms with Crippen molar-refractivity contribution in [2.45, 2.75) is 25.9 Å². The van der Waals surface area contributed by atoms with Crippen molar-refractivity contribution in [2.24, 2.45) is 5.84 Å². The Labute approximate surface area is 125 Å². The molecule has 0 fully saturated rings. The monoisotopic (exact) mass is 321 g/mol. The first kappa shape index (κ1) is 16.5. The van der Waals surface area contributed by atoms with E-state index < -0.39 is 16.9 Å². The van der Waals surface area contributed by atoms with Gasteiger partial charge in [0.05, 0.1) is 15.0 Å². The first-order chi connectivity index (χ1) is 9.40. The van der Waals surface area contributed by atoms with Crippen molar-refractivity contribution < 1.29 is 14.5 Å². The van der Waals surface area contributed by atoms with E-state index in [0.717, 1.165) is 6.07 Å². The molecule has 0 aliphatic rings. The molecule has 3 N–H and O–H groups in total. The molecule has 1 aromatic rings. The zero-order valence-electron chi connectivity index (χ0n) is 10.6. The Balaban J connectivity index is 3.14. The number of amides is 1. The fraction of sp³-hybridized carbons (Fsp3) is 0.364. The minimum atomic E-state index is -0.944. The number of hydrazine groups is 1. The van der Waals surface area contributed by atoms with Crippen molar-refractivity contribution in [1.29, 1.82) is 0 Å². The molecule has 1 atom stereocenters. The highest BCUT2D eigenvalue weighted by Crippen LogP contribution is 2.36. The Morgan fingerprint density at radius 1 is 1.50 bits per heavy atom. The highest BCUT2D eigenvalue weighted by molar-refractivity contribution is 6.42. The third-order valence-corrected chi connectivity index (χ3v) is 3.18. The van der Waals surface area contributed by atoms with Crippen LogP contribution in [0.3, 0.4) is 0 Å². The molecule has 0 heterocycles. The summed E-state index contributed by atoms with van der Waals surface area (Å²) in [7, 11) is 0. The maximum Gasteiger partial charge on any atom is 0.312 e. The number of nitro benzene ring substituents is 1. The number of nitro groups is 1. The lowest BCUT2D eigenvalue weighted by atomic mass is 10.2. The molecule has 110 valence electrons. The van der Waals surface area contributed by atoms with E-state index in [9.17, 15) is 14.9 Å². The van der Waals surface area contributed by atoms with Gasteiger partial charge in [0.1, 0.15) is 0 Å². The molecule has 0 spiro atoms. The average Bonchev–Trinajstić information content (AvgIpc) is 2.40. The van der Waals surface area contributed by atoms with Crippen LogP contribution < -0.4 is 16.0 Å². The number of carbonyl (C=O) groups is 1. The second-order valence-electron chi connectivity index (χ2n) is 3.89. The summed E-state index contributed by atoms with van der Waals surface area (Å²) in [6, 6.07) is 2.27. The molecule has 7 nitrogen and oxygen atoms in total. The summed E-state index contributed by atoms with van der Waals surface area (Å²) in [5.41, 5.74) is 1.58. The maximum atomic E-state index is 11.5. The lowest BCUT2D eigenvalue weighted by molar-refractivity contribution is -0.386. The van der Waals surface area contributed by atoms with Crippen LogP contribution in [0.4, 0.5) is 5.69 Å². The quantitative estimate of drug-likeness (QED) is 0.362. The molecular formula is C11H13Cl2N3O4. The number of carbonyl (C=O) groups excluding carboxylic acids is 1. The Morgan fingerprint density at radius 2 is 2.10 bits per heavy atom. The normalized spacial score (nSPS) is 11.8. The van der Waals surface area contributed by atoms with Crippen LogP contribution in [0.15, 0.2) is 12.1 Å². The topological polar surface area (TPSA) is 107 Å². The summed E-state index contributed by atoms with van der Waals surface area (Å²) in [6.45, 7) is 1.84. The lowest BCUT2D eigenvalue weighted by Crippen LogP contribution is -2.42. The van der Waals surface area contributed by atoms with Crippen molar-refractivity contribution in [2.75, 3.05) is 0 Å². The first-order valence-corrected chi connectivity index (χ1v) is 6.46. The first-order valence-electron chi connectivity index (χ1n) is 5.71. The molecule has 0 saturated carbocycles. The summed E-state index contributed by atoms with van der Waals surface area (Å²) in [4.78, 5) is 21.8. The number of halogens is 2. The van der Waals surface area contributed by atoms with Gasteiger partial charge in [-0.1, -0.05) is 36.5 Å². The molecule has 0 aromatic heterocycles. The van der Waals surface area contributed by atoms with Gasteiger partial charge in [0.2, 0.25) is 0 Å². The van der Waals surface area contributed by atoms with Crippen molar-refractivity contribution >= 4 is 34.8 Å². The average molecular weight is 322 g/mol. The van der Waals surface area contributed by atoms with Crippen LogP contribution in [-0.4, -0.2) is 16.9 Å². The Hall–Kier alpha value is -1.57. The lowest BCUT2D eigenvalue weighted by Gasteiger charge is -2.17. The summed E-state index contributed by atoms with van der Waals surface area (Å²) < 4.78 is 5.36. The summed E-state index contributed by atoms with van der Waals surface area (Å²) in [6.07, 6.45) is 0.0362. The number of hydrogen-bond donors (Lipinski definition) is 2. The smallest absolute Gasteiger partial charge is 0.312 e. The van der Waals surface area contributed by atoms with Gasteiger partial charge < -0.3 is 4.74 Å². The molecular weight excluding hydrogens is 309 g/mol. The zero-order chi connectivity index (χ0) is 15.3. The van der Waals surface area contributed by atoms with E-state index in [1.54, 1.807) is 0 Å². The van der Waals surface area contributed by atoms with Crippen LogP contribution in [0.5, 0.6) is 5.75 Å². The van der Waals surface area contributed by atoms with Crippen molar-refractivity contribution in [3.8, 4) is 5.75 Å². The minimum Gasteiger partial charge on any atom is -0.473 e. The number of nitrogens with one attached hydrogen (secondary N) is 1. The van der Waals surface area contributed by atoms with Gasteiger partial charge in [-0.2, -0.15) is 0 Å². The molecule has 1 amide bonds. The zero-order valence-corrected chi connectivity index (χ0v) is 12.1. The predicted molar refractivity (Wildman–Crippen MR) is 74.8 cm³/mol. The number of hydrogen-bond acceptors (Lipinski definition) is 5. The molecule has 0 aliphatic carbocycles. The Morgan fingerprint density at radius 3 is 2.60 bits per heavy atom. The second kappa shape index (κ2) is 7.28. The summed E-state index contributed by atoms with van der Waals surface area (Å²) in [5, 5.41) is 11.1. The van der Waals surface area contributed by atoms with Crippen LogP contribution in [0.25, 0.3) is 0 Å². The molecule has 1 unspecified atom stereocenters. The number of nitrogens with zero attached hydrogens (tertiary/aromatic N) is 1. The van der Waals surface area contributed by atoms with E-state index in [4.69, 9.17) is 33.8 Å². The van der Waals surface area contributed by atoms with Crippen LogP contribution >= 0.6 is 23.2 Å². The van der Waals surface area contributed by atoms with E-state index >= 15 is 0 Å². The highest BCUT2D eigenvalue weighted by atomic mass is 35.5. The summed E-state index contributed by atoms with van der Waals surface area (Å²) >= 11 is 11.5. The van der Waals surface area contributed by atoms with Crippen LogP contribution in [-0.2, 0) is 4.79 Å². The van der Waals surface area contributed by atoms with E-state index in [-0.39, 0.29) is 21.5 Å². The largest absolute Gasteiger partial charge is 0.473 e. The SMILES string of the molecule is CCCC(Oc1cc(Cl)c(Cl)cc1[N+](=O)[O-])C(=O)NN. The van der Waals surface area contributed by atoms with Gasteiger partial charge in [-0.15, -0.1) is 0 Å². The van der Waals surface area contributed by atoms with Gasteiger partial charge in [-0.25, -0.2) is 5.84 Å². The standard InChI is InChI=1S/C11H13Cl2N3O4/c1-2-3-9(11(17)15-14)20-10-5-7(13)6(12)4-8(10)16(18)19/h4-5,9H,2-3,14H2,1H3,(H,15,17). The molecule has 0 bridgehead atoms. The van der Waals surface area contributed by atoms with Gasteiger partial charge in [0.25, 0.3) is 5.91 Å². The van der Waals surface area contributed by atoms with Gasteiger partial charge >= 0.3 is 5.69 Å². The van der Waals surface area contributed by atoms with E-state index in [2.05, 4.69) is 0 Å². The molecule has 0 saturated heterocycles. The molecule has 20 heavy (non-hydrogen) atoms. The molecule has 0 radical (unpaired) electrons. The van der Waals surface area contributed by atoms with Gasteiger partial charge in [-0.05, 0) is 6.42 Å². The number of nitrogens with two attached hydrogens (primary N) is 1. The van der Waals surface area contributed by atoms with Crippen molar-refractivity contribution in [1.82, 2.24) is 5.43 Å². The van der Waals surface area contributed by atoms with E-state index in [1.165, 1.54) is 6.07 Å². The highest BCUT2D eigenvalue weighted by Gasteiger charge is 2.25. The van der Waals surface area contributed by atoms with Gasteiger partial charge in [-0.3, -0.25) is 20.3 Å². The van der Waals surface area contributed by atoms with Crippen LogP contribution in [0, 0.1) is 10.1 Å². The van der Waals surface area contributed by atoms with E-state index in [0.29, 0.717) is 12.8 Å². The fourth-order valence-electron chi connectivity index (χ4n) is 1.51. The van der Waals surface area contributed by atoms with Crippen LogP contribution in [0.2, 0.25) is 10.0 Å². The fourth-order valence-corrected chi connectivity index (χ4v) is 1.82. The van der Waals surface area contributed by atoms with Crippen molar-refractivity contribution in [3.63, 3.8) is 0 Å². The number of benzene rings is 1. The third-order valence-electron chi connectivity index (χ3n) is 2.45. The van der Waals surface area contributed by atoms with Gasteiger partial charge in [0.15, 0.2) is 11.9 Å². The Bertz CT molecular complexity index is 525. The van der Waals surface area contributed by atoms with Crippen molar-refractivity contribution in [3.05, 3.63) is 32.3 Å². The maximum absolute atomic E-state index is 11.5. The minimum absolute atomic E-state index is 0.0287. The number of rotatable bonds is 6. The summed E-state index contributed by atoms with van der Waals surface area (Å²) in [5.74, 6) is 4.34. The second-order valence-corrected chi connectivity index (χ2v) is 4.71. The van der Waals surface area contributed by atoms with E-state index in [1.807, 2.05) is 12.3 Å². The van der Waals surface area contributed by atoms with Gasteiger partial charge in [0, 0.05) is 12.1 Å². The Kier molecular flexibility index (Phi) is 6.00. The number of ether oxygens (including phenoxy) is 1. The molecule has 0 aliphatic heterocycles. The van der Waals surface area contributed by atoms with Crippen LogP contribution in [0.1, 0.15) is 19.8 Å².